The first kappa shape index (κ1) is 23.6. The van der Waals surface area contributed by atoms with Gasteiger partial charge in [0.05, 0.1) is 12.1 Å². The molecule has 4 aromatic rings. The zero-order valence-electron chi connectivity index (χ0n) is 19.4. The molecule has 0 N–H and O–H groups in total. The lowest BCUT2D eigenvalue weighted by Gasteiger charge is -2.35. The molecule has 184 valence electrons. The number of anilines is 1. The minimum atomic E-state index is -4.41. The van der Waals surface area contributed by atoms with Crippen LogP contribution in [0.3, 0.4) is 0 Å². The number of carbonyl (C=O) groups excluding carboxylic acids is 1. The number of benzene rings is 2. The van der Waals surface area contributed by atoms with Gasteiger partial charge in [-0.05, 0) is 41.0 Å². The Morgan fingerprint density at radius 1 is 0.889 bits per heavy atom. The van der Waals surface area contributed by atoms with E-state index in [1.165, 1.54) is 6.07 Å². The molecule has 0 aliphatic carbocycles. The molecule has 1 saturated heterocycles. The molecule has 1 fully saturated rings. The molecule has 0 saturated carbocycles. The topological polar surface area (TPSA) is 54.3 Å². The van der Waals surface area contributed by atoms with Gasteiger partial charge in [0.25, 0.3) is 5.91 Å². The van der Waals surface area contributed by atoms with Crippen LogP contribution in [0.15, 0.2) is 85.3 Å². The number of nitrogens with zero attached hydrogens (tertiary/aromatic N) is 5. The van der Waals surface area contributed by atoms with Crippen LogP contribution in [-0.4, -0.2) is 51.8 Å². The molecule has 1 aliphatic rings. The van der Waals surface area contributed by atoms with Crippen LogP contribution in [0.1, 0.15) is 21.5 Å². The molecule has 6 nitrogen and oxygen atoms in total. The van der Waals surface area contributed by atoms with Gasteiger partial charge in [0.1, 0.15) is 5.82 Å². The molecule has 2 aromatic carbocycles. The zero-order valence-corrected chi connectivity index (χ0v) is 19.4. The van der Waals surface area contributed by atoms with Crippen molar-refractivity contribution in [2.75, 3.05) is 31.1 Å². The number of alkyl halides is 3. The largest absolute Gasteiger partial charge is 0.417 e. The standard InChI is InChI=1S/C27H24F3N5O/c28-27(29,30)22-10-11-25(31-18-22)33-14-16-34(17-15-33)26(36)24-5-2-1-4-23(24)21-8-6-20(7-9-21)19-35-13-3-12-32-35/h1-13,18H,14-17,19H2. The molecule has 1 aliphatic heterocycles. The van der Waals surface area contributed by atoms with Crippen LogP contribution >= 0.6 is 0 Å². The van der Waals surface area contributed by atoms with Gasteiger partial charge in [-0.3, -0.25) is 9.48 Å². The average molecular weight is 492 g/mol. The van der Waals surface area contributed by atoms with Gasteiger partial charge in [0.15, 0.2) is 0 Å². The second kappa shape index (κ2) is 9.85. The van der Waals surface area contributed by atoms with Crippen LogP contribution in [0.4, 0.5) is 19.0 Å². The molecule has 0 atom stereocenters. The molecule has 0 bridgehead atoms. The summed E-state index contributed by atoms with van der Waals surface area (Å²) in [7, 11) is 0. The van der Waals surface area contributed by atoms with Crippen molar-refractivity contribution in [3.05, 3.63) is 102 Å². The third-order valence-electron chi connectivity index (χ3n) is 6.29. The van der Waals surface area contributed by atoms with E-state index in [4.69, 9.17) is 0 Å². The highest BCUT2D eigenvalue weighted by Gasteiger charge is 2.31. The third-order valence-corrected chi connectivity index (χ3v) is 6.29. The van der Waals surface area contributed by atoms with Crippen molar-refractivity contribution >= 4 is 11.7 Å². The number of hydrogen-bond acceptors (Lipinski definition) is 4. The van der Waals surface area contributed by atoms with Gasteiger partial charge in [-0.1, -0.05) is 42.5 Å². The van der Waals surface area contributed by atoms with Crippen LogP contribution in [0, 0.1) is 0 Å². The lowest BCUT2D eigenvalue weighted by Crippen LogP contribution is -2.49. The number of amides is 1. The Morgan fingerprint density at radius 2 is 1.64 bits per heavy atom. The maximum atomic E-state index is 13.4. The number of hydrogen-bond donors (Lipinski definition) is 0. The highest BCUT2D eigenvalue weighted by atomic mass is 19.4. The SMILES string of the molecule is O=C(c1ccccc1-c1ccc(Cn2cccn2)cc1)N1CCN(c2ccc(C(F)(F)F)cn2)CC1. The Bertz CT molecular complexity index is 1310. The van der Waals surface area contributed by atoms with Crippen molar-refractivity contribution in [1.82, 2.24) is 19.7 Å². The predicted molar refractivity (Wildman–Crippen MR) is 131 cm³/mol. The first-order valence-electron chi connectivity index (χ1n) is 11.6. The smallest absolute Gasteiger partial charge is 0.353 e. The van der Waals surface area contributed by atoms with Gasteiger partial charge in [-0.25, -0.2) is 4.98 Å². The summed E-state index contributed by atoms with van der Waals surface area (Å²) in [6.45, 7) is 2.58. The Kier molecular flexibility index (Phi) is 6.45. The quantitative estimate of drug-likeness (QED) is 0.396. The average Bonchev–Trinajstić information content (AvgIpc) is 3.42. The van der Waals surface area contributed by atoms with E-state index in [0.29, 0.717) is 44.1 Å². The number of pyridine rings is 1. The third kappa shape index (κ3) is 5.10. The van der Waals surface area contributed by atoms with E-state index >= 15 is 0 Å². The highest BCUT2D eigenvalue weighted by molar-refractivity contribution is 6.01. The van der Waals surface area contributed by atoms with Crippen LogP contribution in [0.2, 0.25) is 0 Å². The molecular formula is C27H24F3N5O. The van der Waals surface area contributed by atoms with Gasteiger partial charge >= 0.3 is 6.18 Å². The molecule has 1 amide bonds. The number of rotatable bonds is 5. The van der Waals surface area contributed by atoms with Crippen molar-refractivity contribution < 1.29 is 18.0 Å². The maximum absolute atomic E-state index is 13.4. The van der Waals surface area contributed by atoms with E-state index in [0.717, 1.165) is 29.0 Å². The van der Waals surface area contributed by atoms with Gasteiger partial charge < -0.3 is 9.80 Å². The first-order valence-corrected chi connectivity index (χ1v) is 11.6. The van der Waals surface area contributed by atoms with E-state index < -0.39 is 11.7 Å². The van der Waals surface area contributed by atoms with E-state index in [1.54, 1.807) is 11.1 Å². The molecular weight excluding hydrogens is 467 g/mol. The molecule has 0 radical (unpaired) electrons. The lowest BCUT2D eigenvalue weighted by atomic mass is 9.97. The van der Waals surface area contributed by atoms with Crippen molar-refractivity contribution in [3.63, 3.8) is 0 Å². The molecule has 2 aromatic heterocycles. The van der Waals surface area contributed by atoms with Gasteiger partial charge in [-0.15, -0.1) is 0 Å². The van der Waals surface area contributed by atoms with E-state index in [9.17, 15) is 18.0 Å². The predicted octanol–water partition coefficient (Wildman–Crippen LogP) is 4.97. The fraction of sp³-hybridized carbons (Fsp3) is 0.222. The molecule has 5 rings (SSSR count). The van der Waals surface area contributed by atoms with Crippen LogP contribution in [0.25, 0.3) is 11.1 Å². The summed E-state index contributed by atoms with van der Waals surface area (Å²) in [6, 6.07) is 19.9. The monoisotopic (exact) mass is 491 g/mol. The summed E-state index contributed by atoms with van der Waals surface area (Å²) < 4.78 is 40.3. The minimum Gasteiger partial charge on any atom is -0.353 e. The fourth-order valence-corrected chi connectivity index (χ4v) is 4.34. The summed E-state index contributed by atoms with van der Waals surface area (Å²) in [5, 5.41) is 4.23. The molecule has 0 spiro atoms. The summed E-state index contributed by atoms with van der Waals surface area (Å²) in [5.74, 6) is 0.414. The van der Waals surface area contributed by atoms with E-state index in [2.05, 4.69) is 10.1 Å². The van der Waals surface area contributed by atoms with E-state index in [-0.39, 0.29) is 5.91 Å². The second-order valence-corrected chi connectivity index (χ2v) is 8.63. The number of piperazine rings is 1. The Hall–Kier alpha value is -4.14. The highest BCUT2D eigenvalue weighted by Crippen LogP contribution is 2.30. The Labute approximate surface area is 206 Å². The van der Waals surface area contributed by atoms with Crippen LogP contribution in [-0.2, 0) is 12.7 Å². The fourth-order valence-electron chi connectivity index (χ4n) is 4.34. The normalized spacial score (nSPS) is 14.2. The van der Waals surface area contributed by atoms with Crippen LogP contribution in [0.5, 0.6) is 0 Å². The maximum Gasteiger partial charge on any atom is 0.417 e. The van der Waals surface area contributed by atoms with Crippen molar-refractivity contribution in [2.24, 2.45) is 0 Å². The molecule has 9 heteroatoms. The van der Waals surface area contributed by atoms with E-state index in [1.807, 2.05) is 70.4 Å². The summed E-state index contributed by atoms with van der Waals surface area (Å²) in [6.07, 6.45) is 0.0961. The van der Waals surface area contributed by atoms with Crippen LogP contribution < -0.4 is 4.90 Å². The number of carbonyl (C=O) groups is 1. The number of aromatic nitrogens is 3. The first-order chi connectivity index (χ1) is 17.4. The lowest BCUT2D eigenvalue weighted by molar-refractivity contribution is -0.137. The number of halogens is 3. The van der Waals surface area contributed by atoms with Crippen molar-refractivity contribution in [1.29, 1.82) is 0 Å². The molecule has 0 unspecified atom stereocenters. The minimum absolute atomic E-state index is 0.0637. The summed E-state index contributed by atoms with van der Waals surface area (Å²) in [4.78, 5) is 21.1. The Morgan fingerprint density at radius 3 is 2.28 bits per heavy atom. The van der Waals surface area contributed by atoms with Crippen molar-refractivity contribution in [2.45, 2.75) is 12.7 Å². The van der Waals surface area contributed by atoms with Gasteiger partial charge in [-0.2, -0.15) is 18.3 Å². The van der Waals surface area contributed by atoms with Crippen molar-refractivity contribution in [3.8, 4) is 11.1 Å². The Balaban J connectivity index is 1.26. The summed E-state index contributed by atoms with van der Waals surface area (Å²) >= 11 is 0. The summed E-state index contributed by atoms with van der Waals surface area (Å²) in [5.41, 5.74) is 2.78. The molecule has 3 heterocycles. The second-order valence-electron chi connectivity index (χ2n) is 8.63. The zero-order chi connectivity index (χ0) is 25.1. The molecule has 36 heavy (non-hydrogen) atoms. The van der Waals surface area contributed by atoms with Gasteiger partial charge in [0, 0.05) is 50.3 Å². The van der Waals surface area contributed by atoms with Gasteiger partial charge in [0.2, 0.25) is 0 Å².